The second-order valence-electron chi connectivity index (χ2n) is 4.71. The molecule has 0 saturated heterocycles. The van der Waals surface area contributed by atoms with E-state index in [2.05, 4.69) is 15.1 Å². The van der Waals surface area contributed by atoms with Crippen LogP contribution in [0.2, 0.25) is 0 Å². The molecule has 0 bridgehead atoms. The Morgan fingerprint density at radius 3 is 2.08 bits per heavy atom. The summed E-state index contributed by atoms with van der Waals surface area (Å²) in [6.45, 7) is 0. The van der Waals surface area contributed by atoms with Gasteiger partial charge in [0, 0.05) is 36.2 Å². The predicted molar refractivity (Wildman–Crippen MR) is 73.5 cm³/mol. The third kappa shape index (κ3) is 2.71. The van der Waals surface area contributed by atoms with Crippen LogP contribution in [0.4, 0.5) is 13.2 Å². The molecule has 0 spiro atoms. The monoisotopic (exact) mass is 333 g/mol. The molecule has 0 aliphatic carbocycles. The van der Waals surface area contributed by atoms with Crippen LogP contribution in [0.3, 0.4) is 0 Å². The molecule has 0 radical (unpaired) electrons. The SMILES string of the molecule is O=C(c1ccncc1)c1c(C(F)(F)F)nn(-c2ccncc2)c1[O-]. The number of carbonyl (C=O) groups is 1. The van der Waals surface area contributed by atoms with Gasteiger partial charge in [0.05, 0.1) is 11.3 Å². The lowest BCUT2D eigenvalue weighted by atomic mass is 10.0. The average Bonchev–Trinajstić information content (AvgIpc) is 2.93. The zero-order valence-corrected chi connectivity index (χ0v) is 11.9. The fourth-order valence-corrected chi connectivity index (χ4v) is 2.11. The molecule has 0 aromatic carbocycles. The lowest BCUT2D eigenvalue weighted by Crippen LogP contribution is -2.14. The standard InChI is InChI=1S/C15H9F3N4O2/c16-15(17,18)13-11(12(23)9-1-5-19-6-2-9)14(24)22(21-13)10-3-7-20-8-4-10/h1-8,24H/p-1. The normalized spacial score (nSPS) is 11.5. The van der Waals surface area contributed by atoms with E-state index in [-0.39, 0.29) is 11.3 Å². The molecule has 24 heavy (non-hydrogen) atoms. The number of carbonyl (C=O) groups excluding carboxylic acids is 1. The number of aromatic nitrogens is 4. The molecule has 0 saturated carbocycles. The summed E-state index contributed by atoms with van der Waals surface area (Å²) >= 11 is 0. The number of hydrogen-bond donors (Lipinski definition) is 0. The predicted octanol–water partition coefficient (Wildman–Crippen LogP) is 1.99. The van der Waals surface area contributed by atoms with Gasteiger partial charge in [-0.15, -0.1) is 0 Å². The molecular weight excluding hydrogens is 325 g/mol. The molecule has 3 aromatic rings. The third-order valence-electron chi connectivity index (χ3n) is 3.19. The van der Waals surface area contributed by atoms with E-state index in [0.29, 0.717) is 4.68 Å². The van der Waals surface area contributed by atoms with Crippen molar-refractivity contribution in [1.82, 2.24) is 19.7 Å². The van der Waals surface area contributed by atoms with Gasteiger partial charge in [-0.25, -0.2) is 4.68 Å². The van der Waals surface area contributed by atoms with Crippen LogP contribution in [0, 0.1) is 0 Å². The number of hydrogen-bond acceptors (Lipinski definition) is 5. The smallest absolute Gasteiger partial charge is 0.435 e. The molecule has 0 aliphatic heterocycles. The van der Waals surface area contributed by atoms with Crippen molar-refractivity contribution in [2.75, 3.05) is 0 Å². The van der Waals surface area contributed by atoms with Crippen molar-refractivity contribution < 1.29 is 23.1 Å². The molecule has 3 aromatic heterocycles. The first-order valence-electron chi connectivity index (χ1n) is 6.62. The van der Waals surface area contributed by atoms with Gasteiger partial charge >= 0.3 is 6.18 Å². The van der Waals surface area contributed by atoms with Gasteiger partial charge in [0.1, 0.15) is 0 Å². The number of nitrogens with zero attached hydrogens (tertiary/aromatic N) is 4. The molecule has 122 valence electrons. The van der Waals surface area contributed by atoms with Crippen LogP contribution in [0.25, 0.3) is 5.69 Å². The van der Waals surface area contributed by atoms with Crippen molar-refractivity contribution in [3.8, 4) is 11.6 Å². The number of rotatable bonds is 3. The van der Waals surface area contributed by atoms with E-state index in [9.17, 15) is 23.1 Å². The molecule has 0 unspecified atom stereocenters. The lowest BCUT2D eigenvalue weighted by molar-refractivity contribution is -0.278. The fraction of sp³-hybridized carbons (Fsp3) is 0.0667. The second-order valence-corrected chi connectivity index (χ2v) is 4.71. The minimum absolute atomic E-state index is 0.0780. The van der Waals surface area contributed by atoms with Gasteiger partial charge in [-0.05, 0) is 24.3 Å². The van der Waals surface area contributed by atoms with E-state index in [4.69, 9.17) is 0 Å². The van der Waals surface area contributed by atoms with Crippen LogP contribution in [0.5, 0.6) is 5.88 Å². The van der Waals surface area contributed by atoms with Gasteiger partial charge in [-0.3, -0.25) is 14.8 Å². The summed E-state index contributed by atoms with van der Waals surface area (Å²) in [7, 11) is 0. The first kappa shape index (κ1) is 15.7. The van der Waals surface area contributed by atoms with Gasteiger partial charge in [-0.1, -0.05) is 0 Å². The maximum Gasteiger partial charge on any atom is 0.435 e. The number of ketones is 1. The van der Waals surface area contributed by atoms with Crippen molar-refractivity contribution in [2.24, 2.45) is 0 Å². The summed E-state index contributed by atoms with van der Waals surface area (Å²) in [5.41, 5.74) is -2.55. The Kier molecular flexibility index (Phi) is 3.76. The van der Waals surface area contributed by atoms with E-state index in [1.807, 2.05) is 0 Å². The van der Waals surface area contributed by atoms with E-state index in [1.54, 1.807) is 0 Å². The largest absolute Gasteiger partial charge is 0.858 e. The van der Waals surface area contributed by atoms with Crippen molar-refractivity contribution in [3.05, 3.63) is 65.9 Å². The average molecular weight is 333 g/mol. The van der Waals surface area contributed by atoms with Crippen molar-refractivity contribution in [1.29, 1.82) is 0 Å². The lowest BCUT2D eigenvalue weighted by Gasteiger charge is -2.12. The number of pyridine rings is 2. The zero-order chi connectivity index (χ0) is 17.3. The van der Waals surface area contributed by atoms with E-state index >= 15 is 0 Å². The zero-order valence-electron chi connectivity index (χ0n) is 11.9. The van der Waals surface area contributed by atoms with E-state index in [0.717, 1.165) is 0 Å². The van der Waals surface area contributed by atoms with Crippen LogP contribution in [-0.2, 0) is 6.18 Å². The Bertz CT molecular complexity index is 877. The third-order valence-corrected chi connectivity index (χ3v) is 3.19. The molecule has 0 atom stereocenters. The maximum atomic E-state index is 13.2. The summed E-state index contributed by atoms with van der Waals surface area (Å²) < 4.78 is 40.3. The minimum atomic E-state index is -4.95. The Hall–Kier alpha value is -3.23. The van der Waals surface area contributed by atoms with Crippen LogP contribution in [0.15, 0.2) is 49.1 Å². The van der Waals surface area contributed by atoms with Gasteiger partial charge in [0.15, 0.2) is 11.5 Å². The summed E-state index contributed by atoms with van der Waals surface area (Å²) in [6.07, 6.45) is 0.147. The second kappa shape index (κ2) is 5.76. The van der Waals surface area contributed by atoms with Crippen molar-refractivity contribution in [2.45, 2.75) is 6.18 Å². The topological polar surface area (TPSA) is 83.7 Å². The number of alkyl halides is 3. The highest BCUT2D eigenvalue weighted by atomic mass is 19.4. The molecule has 0 fully saturated rings. The van der Waals surface area contributed by atoms with Crippen LogP contribution < -0.4 is 5.11 Å². The van der Waals surface area contributed by atoms with Crippen LogP contribution >= 0.6 is 0 Å². The molecule has 3 rings (SSSR count). The Morgan fingerprint density at radius 2 is 1.54 bits per heavy atom. The molecule has 0 N–H and O–H groups in total. The highest BCUT2D eigenvalue weighted by Crippen LogP contribution is 2.36. The summed E-state index contributed by atoms with van der Waals surface area (Å²) in [6, 6.07) is 5.09. The Labute approximate surface area is 133 Å². The van der Waals surface area contributed by atoms with Gasteiger partial charge < -0.3 is 5.11 Å². The fourth-order valence-electron chi connectivity index (χ4n) is 2.11. The van der Waals surface area contributed by atoms with Crippen molar-refractivity contribution in [3.63, 3.8) is 0 Å². The van der Waals surface area contributed by atoms with Gasteiger partial charge in [0.25, 0.3) is 0 Å². The first-order valence-corrected chi connectivity index (χ1v) is 6.62. The van der Waals surface area contributed by atoms with Gasteiger partial charge in [0.2, 0.25) is 0 Å². The molecule has 9 heteroatoms. The maximum absolute atomic E-state index is 13.2. The first-order chi connectivity index (χ1) is 11.4. The summed E-state index contributed by atoms with van der Waals surface area (Å²) in [5, 5.41) is 15.7. The highest BCUT2D eigenvalue weighted by molar-refractivity contribution is 6.11. The van der Waals surface area contributed by atoms with E-state index < -0.39 is 29.1 Å². The summed E-state index contributed by atoms with van der Waals surface area (Å²) in [5.74, 6) is -2.20. The highest BCUT2D eigenvalue weighted by Gasteiger charge is 2.40. The molecular formula is C15H8F3N4O2-. The van der Waals surface area contributed by atoms with Crippen LogP contribution in [-0.4, -0.2) is 25.5 Å². The number of halogens is 3. The molecule has 0 aliphatic rings. The van der Waals surface area contributed by atoms with Crippen LogP contribution in [0.1, 0.15) is 21.6 Å². The minimum Gasteiger partial charge on any atom is -0.858 e. The molecule has 0 amide bonds. The van der Waals surface area contributed by atoms with Gasteiger partial charge in [-0.2, -0.15) is 18.3 Å². The van der Waals surface area contributed by atoms with E-state index in [1.165, 1.54) is 49.1 Å². The van der Waals surface area contributed by atoms with Crippen molar-refractivity contribution >= 4 is 5.78 Å². The molecule has 3 heterocycles. The molecule has 6 nitrogen and oxygen atoms in total. The Balaban J connectivity index is 2.21. The summed E-state index contributed by atoms with van der Waals surface area (Å²) in [4.78, 5) is 19.8. The quantitative estimate of drug-likeness (QED) is 0.685. The Morgan fingerprint density at radius 1 is 1.00 bits per heavy atom.